The molecule has 2 aromatic rings. The van der Waals surface area contributed by atoms with Gasteiger partial charge in [-0.25, -0.2) is 4.79 Å². The number of carboxylic acids is 1. The second-order valence-electron chi connectivity index (χ2n) is 3.47. The molecule has 2 N–H and O–H groups in total. The van der Waals surface area contributed by atoms with E-state index in [2.05, 4.69) is 27.9 Å². The first-order chi connectivity index (χ1) is 8.15. The average molecular weight is 343 g/mol. The van der Waals surface area contributed by atoms with Gasteiger partial charge in [-0.3, -0.25) is 0 Å². The van der Waals surface area contributed by atoms with Crippen LogP contribution in [0.4, 0.5) is 5.69 Å². The molecule has 0 saturated heterocycles. The molecule has 1 heterocycles. The summed E-state index contributed by atoms with van der Waals surface area (Å²) >= 11 is 2.23. The first kappa shape index (κ1) is 12.0. The summed E-state index contributed by atoms with van der Waals surface area (Å²) in [6.45, 7) is 0.466. The van der Waals surface area contributed by atoms with Crippen LogP contribution in [0.1, 0.15) is 16.1 Å². The van der Waals surface area contributed by atoms with E-state index in [0.717, 1.165) is 9.26 Å². The van der Waals surface area contributed by atoms with E-state index < -0.39 is 5.97 Å². The number of nitrogens with one attached hydrogen (secondary N) is 1. The van der Waals surface area contributed by atoms with Crippen LogP contribution in [-0.2, 0) is 6.54 Å². The highest BCUT2D eigenvalue weighted by Crippen LogP contribution is 2.14. The van der Waals surface area contributed by atoms with Crippen molar-refractivity contribution in [3.63, 3.8) is 0 Å². The minimum absolute atomic E-state index is 0.171. The number of hydrogen-bond donors (Lipinski definition) is 2. The largest absolute Gasteiger partial charge is 0.478 e. The Bertz CT molecular complexity index is 536. The second-order valence-corrected chi connectivity index (χ2v) is 4.72. The SMILES string of the molecule is O=C(O)c1coc(CNc2cccc(I)c2)c1. The number of hydrogen-bond acceptors (Lipinski definition) is 3. The van der Waals surface area contributed by atoms with Crippen LogP contribution in [0.5, 0.6) is 0 Å². The Balaban J connectivity index is 2.00. The van der Waals surface area contributed by atoms with Gasteiger partial charge in [-0.2, -0.15) is 0 Å². The van der Waals surface area contributed by atoms with Crippen molar-refractivity contribution in [2.45, 2.75) is 6.54 Å². The Labute approximate surface area is 112 Å². The van der Waals surface area contributed by atoms with Gasteiger partial charge in [0, 0.05) is 9.26 Å². The highest BCUT2D eigenvalue weighted by molar-refractivity contribution is 14.1. The van der Waals surface area contributed by atoms with Gasteiger partial charge in [0.05, 0.1) is 12.1 Å². The Morgan fingerprint density at radius 1 is 1.41 bits per heavy atom. The molecule has 0 atom stereocenters. The Kier molecular flexibility index (Phi) is 3.68. The topological polar surface area (TPSA) is 62.5 Å². The highest BCUT2D eigenvalue weighted by Gasteiger charge is 2.07. The lowest BCUT2D eigenvalue weighted by Crippen LogP contribution is -1.98. The molecule has 5 heteroatoms. The summed E-state index contributed by atoms with van der Waals surface area (Å²) < 4.78 is 6.27. The third-order valence-corrected chi connectivity index (χ3v) is 2.86. The van der Waals surface area contributed by atoms with Gasteiger partial charge in [-0.15, -0.1) is 0 Å². The van der Waals surface area contributed by atoms with E-state index in [0.29, 0.717) is 12.3 Å². The van der Waals surface area contributed by atoms with Crippen LogP contribution in [0, 0.1) is 3.57 Å². The monoisotopic (exact) mass is 343 g/mol. The Morgan fingerprint density at radius 3 is 2.88 bits per heavy atom. The van der Waals surface area contributed by atoms with Crippen molar-refractivity contribution in [3.05, 3.63) is 51.5 Å². The van der Waals surface area contributed by atoms with E-state index in [4.69, 9.17) is 9.52 Å². The molecule has 1 aromatic heterocycles. The van der Waals surface area contributed by atoms with Gasteiger partial charge in [0.1, 0.15) is 12.0 Å². The fraction of sp³-hybridized carbons (Fsp3) is 0.0833. The molecule has 0 saturated carbocycles. The molecule has 1 aromatic carbocycles. The van der Waals surface area contributed by atoms with Crippen molar-refractivity contribution in [1.82, 2.24) is 0 Å². The maximum absolute atomic E-state index is 10.7. The number of furan rings is 1. The quantitative estimate of drug-likeness (QED) is 0.837. The zero-order valence-electron chi connectivity index (χ0n) is 8.81. The maximum Gasteiger partial charge on any atom is 0.338 e. The van der Waals surface area contributed by atoms with Gasteiger partial charge in [0.15, 0.2) is 0 Å². The van der Waals surface area contributed by atoms with E-state index >= 15 is 0 Å². The lowest BCUT2D eigenvalue weighted by molar-refractivity contribution is 0.0696. The summed E-state index contributed by atoms with van der Waals surface area (Å²) in [6, 6.07) is 9.42. The summed E-state index contributed by atoms with van der Waals surface area (Å²) in [6.07, 6.45) is 1.24. The molecular weight excluding hydrogens is 333 g/mol. The van der Waals surface area contributed by atoms with Gasteiger partial charge in [0.2, 0.25) is 0 Å². The van der Waals surface area contributed by atoms with Crippen LogP contribution in [-0.4, -0.2) is 11.1 Å². The standard InChI is InChI=1S/C12H10INO3/c13-9-2-1-3-10(5-9)14-6-11-4-8(7-17-11)12(15)16/h1-5,7,14H,6H2,(H,15,16). The minimum atomic E-state index is -0.978. The maximum atomic E-state index is 10.7. The van der Waals surface area contributed by atoms with E-state index in [-0.39, 0.29) is 5.56 Å². The lowest BCUT2D eigenvalue weighted by Gasteiger charge is -2.04. The Hall–Kier alpha value is -1.50. The van der Waals surface area contributed by atoms with E-state index in [1.165, 1.54) is 12.3 Å². The van der Waals surface area contributed by atoms with Crippen LogP contribution in [0.15, 0.2) is 41.0 Å². The predicted molar refractivity (Wildman–Crippen MR) is 72.2 cm³/mol. The normalized spacial score (nSPS) is 10.2. The van der Waals surface area contributed by atoms with Gasteiger partial charge in [-0.05, 0) is 46.9 Å². The number of halogens is 1. The molecule has 88 valence electrons. The molecule has 0 aliphatic heterocycles. The zero-order valence-corrected chi connectivity index (χ0v) is 11.0. The number of rotatable bonds is 4. The van der Waals surface area contributed by atoms with Crippen molar-refractivity contribution >= 4 is 34.2 Å². The van der Waals surface area contributed by atoms with Crippen LogP contribution >= 0.6 is 22.6 Å². The van der Waals surface area contributed by atoms with Gasteiger partial charge < -0.3 is 14.8 Å². The number of aromatic carboxylic acids is 1. The minimum Gasteiger partial charge on any atom is -0.478 e. The average Bonchev–Trinajstić information content (AvgIpc) is 2.75. The fourth-order valence-corrected chi connectivity index (χ4v) is 1.92. The molecular formula is C12H10INO3. The van der Waals surface area contributed by atoms with Crippen molar-refractivity contribution in [1.29, 1.82) is 0 Å². The Morgan fingerprint density at radius 2 is 2.24 bits per heavy atom. The number of carboxylic acid groups (broad SMARTS) is 1. The number of benzene rings is 1. The first-order valence-electron chi connectivity index (χ1n) is 4.95. The van der Waals surface area contributed by atoms with Gasteiger partial charge >= 0.3 is 5.97 Å². The molecule has 4 nitrogen and oxygen atoms in total. The van der Waals surface area contributed by atoms with E-state index in [1.807, 2.05) is 24.3 Å². The summed E-state index contributed by atoms with van der Waals surface area (Å²) in [4.78, 5) is 10.7. The highest BCUT2D eigenvalue weighted by atomic mass is 127. The fourth-order valence-electron chi connectivity index (χ4n) is 1.37. The molecule has 0 unspecified atom stereocenters. The lowest BCUT2D eigenvalue weighted by atomic mass is 10.3. The van der Waals surface area contributed by atoms with Gasteiger partial charge in [-0.1, -0.05) is 6.07 Å². The summed E-state index contributed by atoms with van der Waals surface area (Å²) in [7, 11) is 0. The third kappa shape index (κ3) is 3.23. The predicted octanol–water partition coefficient (Wildman–Crippen LogP) is 3.19. The van der Waals surface area contributed by atoms with Crippen molar-refractivity contribution in [2.75, 3.05) is 5.32 Å². The van der Waals surface area contributed by atoms with Crippen molar-refractivity contribution in [2.24, 2.45) is 0 Å². The molecule has 0 fully saturated rings. The van der Waals surface area contributed by atoms with Crippen molar-refractivity contribution < 1.29 is 14.3 Å². The summed E-state index contributed by atoms with van der Waals surface area (Å²) in [5, 5.41) is 11.9. The first-order valence-corrected chi connectivity index (χ1v) is 6.03. The molecule has 0 aliphatic rings. The van der Waals surface area contributed by atoms with Crippen LogP contribution in [0.25, 0.3) is 0 Å². The number of carbonyl (C=O) groups is 1. The zero-order chi connectivity index (χ0) is 12.3. The third-order valence-electron chi connectivity index (χ3n) is 2.19. The van der Waals surface area contributed by atoms with Crippen molar-refractivity contribution in [3.8, 4) is 0 Å². The number of anilines is 1. The summed E-state index contributed by atoms with van der Waals surface area (Å²) in [5.41, 5.74) is 1.15. The van der Waals surface area contributed by atoms with Crippen LogP contribution in [0.3, 0.4) is 0 Å². The van der Waals surface area contributed by atoms with Gasteiger partial charge in [0.25, 0.3) is 0 Å². The molecule has 0 radical (unpaired) electrons. The second kappa shape index (κ2) is 5.22. The van der Waals surface area contributed by atoms with E-state index in [1.54, 1.807) is 0 Å². The van der Waals surface area contributed by atoms with E-state index in [9.17, 15) is 4.79 Å². The molecule has 0 bridgehead atoms. The molecule has 0 amide bonds. The molecule has 0 aliphatic carbocycles. The summed E-state index contributed by atoms with van der Waals surface area (Å²) in [5.74, 6) is -0.379. The van der Waals surface area contributed by atoms with Crippen LogP contribution < -0.4 is 5.32 Å². The smallest absolute Gasteiger partial charge is 0.338 e. The molecule has 2 rings (SSSR count). The molecule has 0 spiro atoms. The van der Waals surface area contributed by atoms with Crippen LogP contribution in [0.2, 0.25) is 0 Å². The molecule has 17 heavy (non-hydrogen) atoms.